The van der Waals surface area contributed by atoms with Gasteiger partial charge in [0.2, 0.25) is 0 Å². The maximum Gasteiger partial charge on any atom is 0.253 e. The highest BCUT2D eigenvalue weighted by molar-refractivity contribution is 5.81. The Balaban J connectivity index is 1.53. The number of aryl methyl sites for hydroxylation is 2. The third-order valence-corrected chi connectivity index (χ3v) is 7.61. The van der Waals surface area contributed by atoms with E-state index in [1.54, 1.807) is 18.1 Å². The monoisotopic (exact) mass is 560 g/mol. The molecule has 0 saturated carbocycles. The summed E-state index contributed by atoms with van der Waals surface area (Å²) >= 11 is 0. The molecule has 0 saturated heterocycles. The molecular weight excluding hydrogens is 528 g/mol. The molecule has 0 radical (unpaired) electrons. The molecule has 0 bridgehead atoms. The number of tetrazole rings is 1. The van der Waals surface area contributed by atoms with Crippen LogP contribution in [0.25, 0.3) is 10.9 Å². The summed E-state index contributed by atoms with van der Waals surface area (Å²) in [5.74, 6) is 2.04. The summed E-state index contributed by atoms with van der Waals surface area (Å²) in [6.45, 7) is 5.53. The van der Waals surface area contributed by atoms with Crippen LogP contribution in [-0.4, -0.2) is 37.2 Å². The van der Waals surface area contributed by atoms with E-state index in [4.69, 9.17) is 9.15 Å². The van der Waals surface area contributed by atoms with E-state index in [-0.39, 0.29) is 5.56 Å². The van der Waals surface area contributed by atoms with E-state index in [1.807, 2.05) is 73.7 Å². The van der Waals surface area contributed by atoms with Gasteiger partial charge in [-0.3, -0.25) is 9.69 Å². The van der Waals surface area contributed by atoms with E-state index in [0.717, 1.165) is 38.9 Å². The van der Waals surface area contributed by atoms with Crippen molar-refractivity contribution in [1.82, 2.24) is 30.1 Å². The second kappa shape index (κ2) is 11.8. The summed E-state index contributed by atoms with van der Waals surface area (Å²) in [6, 6.07) is 27.4. The number of hydrogen-bond acceptors (Lipinski definition) is 7. The van der Waals surface area contributed by atoms with Gasteiger partial charge in [-0.05, 0) is 94.4 Å². The average Bonchev–Trinajstić information content (AvgIpc) is 3.68. The molecule has 42 heavy (non-hydrogen) atoms. The molecule has 0 spiro atoms. The number of benzene rings is 3. The minimum atomic E-state index is -0.577. The molecule has 0 unspecified atom stereocenters. The van der Waals surface area contributed by atoms with Gasteiger partial charge in [0, 0.05) is 24.2 Å². The van der Waals surface area contributed by atoms with Crippen LogP contribution in [0, 0.1) is 13.8 Å². The van der Waals surface area contributed by atoms with Crippen molar-refractivity contribution in [3.8, 4) is 5.75 Å². The molecule has 3 aromatic carbocycles. The van der Waals surface area contributed by atoms with E-state index in [0.29, 0.717) is 36.8 Å². The summed E-state index contributed by atoms with van der Waals surface area (Å²) in [7, 11) is 1.65. The van der Waals surface area contributed by atoms with Gasteiger partial charge in [0.25, 0.3) is 5.56 Å². The second-order valence-corrected chi connectivity index (χ2v) is 10.5. The van der Waals surface area contributed by atoms with Crippen molar-refractivity contribution in [1.29, 1.82) is 0 Å². The lowest BCUT2D eigenvalue weighted by Gasteiger charge is -2.31. The number of furan rings is 1. The number of fused-ring (bicyclic) bond motifs is 1. The topological polar surface area (TPSA) is 102 Å². The number of rotatable bonds is 10. The van der Waals surface area contributed by atoms with Gasteiger partial charge in [-0.15, -0.1) is 5.10 Å². The SMILES string of the molecule is COc1ccc(CN(Cc2ccccc2)[C@H](c2cc3cc(C)c(C)cc3[nH]c2=O)c2nnnn2Cc2ccco2)cc1. The zero-order valence-electron chi connectivity index (χ0n) is 23.8. The lowest BCUT2D eigenvalue weighted by atomic mass is 9.99. The first-order valence-electron chi connectivity index (χ1n) is 13.8. The highest BCUT2D eigenvalue weighted by atomic mass is 16.5. The number of nitrogens with zero attached hydrogens (tertiary/aromatic N) is 5. The van der Waals surface area contributed by atoms with Crippen molar-refractivity contribution >= 4 is 10.9 Å². The Morgan fingerprint density at radius 1 is 0.929 bits per heavy atom. The van der Waals surface area contributed by atoms with E-state index in [1.165, 1.54) is 0 Å². The number of aromatic nitrogens is 5. The van der Waals surface area contributed by atoms with Gasteiger partial charge in [-0.25, -0.2) is 4.68 Å². The number of aromatic amines is 1. The summed E-state index contributed by atoms with van der Waals surface area (Å²) in [4.78, 5) is 19.3. The molecule has 0 aliphatic heterocycles. The van der Waals surface area contributed by atoms with Crippen molar-refractivity contribution in [3.05, 3.63) is 141 Å². The predicted molar refractivity (Wildman–Crippen MR) is 160 cm³/mol. The Morgan fingerprint density at radius 3 is 2.38 bits per heavy atom. The van der Waals surface area contributed by atoms with Crippen LogP contribution in [-0.2, 0) is 19.6 Å². The number of methoxy groups -OCH3 is 1. The van der Waals surface area contributed by atoms with Crippen LogP contribution in [0.5, 0.6) is 5.75 Å². The quantitative estimate of drug-likeness (QED) is 0.234. The second-order valence-electron chi connectivity index (χ2n) is 10.5. The zero-order valence-corrected chi connectivity index (χ0v) is 23.8. The largest absolute Gasteiger partial charge is 0.497 e. The molecule has 1 atom stereocenters. The molecule has 3 heterocycles. The Kier molecular flexibility index (Phi) is 7.66. The van der Waals surface area contributed by atoms with E-state index < -0.39 is 6.04 Å². The molecule has 0 fully saturated rings. The number of hydrogen-bond donors (Lipinski definition) is 1. The normalized spacial score (nSPS) is 12.2. The fourth-order valence-corrected chi connectivity index (χ4v) is 5.29. The van der Waals surface area contributed by atoms with Crippen molar-refractivity contribution < 1.29 is 9.15 Å². The van der Waals surface area contributed by atoms with Crippen LogP contribution in [0.3, 0.4) is 0 Å². The standard InChI is InChI=1S/C33H32N6O3/c1-22-16-26-18-29(33(40)34-30(26)17-23(22)2)31(32-35-36-37-39(32)21-28-10-7-15-42-28)38(19-24-8-5-4-6-9-24)20-25-11-13-27(41-3)14-12-25/h4-18,31H,19-21H2,1-3H3,(H,34,40)/t31-/m1/s1. The molecule has 6 rings (SSSR count). The summed E-state index contributed by atoms with van der Waals surface area (Å²) < 4.78 is 12.7. The number of H-pyrrole nitrogens is 1. The minimum Gasteiger partial charge on any atom is -0.497 e. The van der Waals surface area contributed by atoms with Crippen LogP contribution < -0.4 is 10.3 Å². The molecular formula is C33H32N6O3. The van der Waals surface area contributed by atoms with Gasteiger partial charge in [0.05, 0.1) is 13.4 Å². The molecule has 212 valence electrons. The molecule has 9 heteroatoms. The fraction of sp³-hybridized carbons (Fsp3) is 0.212. The summed E-state index contributed by atoms with van der Waals surface area (Å²) in [6.07, 6.45) is 1.63. The number of pyridine rings is 1. The predicted octanol–water partition coefficient (Wildman–Crippen LogP) is 5.57. The number of nitrogens with one attached hydrogen (secondary N) is 1. The van der Waals surface area contributed by atoms with Crippen molar-refractivity contribution in [2.75, 3.05) is 7.11 Å². The lowest BCUT2D eigenvalue weighted by Crippen LogP contribution is -2.35. The van der Waals surface area contributed by atoms with Crippen LogP contribution in [0.4, 0.5) is 0 Å². The van der Waals surface area contributed by atoms with Crippen molar-refractivity contribution in [3.63, 3.8) is 0 Å². The van der Waals surface area contributed by atoms with Gasteiger partial charge in [0.15, 0.2) is 5.82 Å². The first-order chi connectivity index (χ1) is 20.5. The Morgan fingerprint density at radius 2 is 1.67 bits per heavy atom. The minimum absolute atomic E-state index is 0.184. The van der Waals surface area contributed by atoms with Crippen molar-refractivity contribution in [2.45, 2.75) is 39.5 Å². The lowest BCUT2D eigenvalue weighted by molar-refractivity contribution is 0.193. The molecule has 1 N–H and O–H groups in total. The fourth-order valence-electron chi connectivity index (χ4n) is 5.29. The third kappa shape index (κ3) is 5.73. The Hall–Kier alpha value is -5.02. The Bertz CT molecular complexity index is 1840. The molecule has 6 aromatic rings. The van der Waals surface area contributed by atoms with Crippen molar-refractivity contribution in [2.24, 2.45) is 0 Å². The molecule has 0 amide bonds. The van der Waals surface area contributed by atoms with Gasteiger partial charge in [0.1, 0.15) is 24.1 Å². The maximum atomic E-state index is 13.9. The third-order valence-electron chi connectivity index (χ3n) is 7.61. The van der Waals surface area contributed by atoms with E-state index in [2.05, 4.69) is 50.5 Å². The molecule has 9 nitrogen and oxygen atoms in total. The average molecular weight is 561 g/mol. The number of ether oxygens (including phenoxy) is 1. The van der Waals surface area contributed by atoms with Crippen LogP contribution in [0.15, 0.2) is 100 Å². The highest BCUT2D eigenvalue weighted by Gasteiger charge is 2.31. The van der Waals surface area contributed by atoms with Gasteiger partial charge in [-0.1, -0.05) is 42.5 Å². The zero-order chi connectivity index (χ0) is 29.1. The van der Waals surface area contributed by atoms with Crippen LogP contribution >= 0.6 is 0 Å². The summed E-state index contributed by atoms with van der Waals surface area (Å²) in [5, 5.41) is 13.8. The highest BCUT2D eigenvalue weighted by Crippen LogP contribution is 2.31. The van der Waals surface area contributed by atoms with E-state index in [9.17, 15) is 4.79 Å². The summed E-state index contributed by atoms with van der Waals surface area (Å²) in [5.41, 5.74) is 5.61. The first kappa shape index (κ1) is 27.2. The first-order valence-corrected chi connectivity index (χ1v) is 13.8. The van der Waals surface area contributed by atoms with E-state index >= 15 is 0 Å². The molecule has 0 aliphatic carbocycles. The van der Waals surface area contributed by atoms with Gasteiger partial charge in [-0.2, -0.15) is 0 Å². The molecule has 3 aromatic heterocycles. The molecule has 0 aliphatic rings. The Labute approximate surface area is 243 Å². The van der Waals surface area contributed by atoms with Gasteiger partial charge < -0.3 is 14.1 Å². The van der Waals surface area contributed by atoms with Gasteiger partial charge >= 0.3 is 0 Å². The van der Waals surface area contributed by atoms with Crippen LogP contribution in [0.2, 0.25) is 0 Å². The maximum absolute atomic E-state index is 13.9. The van der Waals surface area contributed by atoms with Crippen LogP contribution in [0.1, 0.15) is 45.4 Å². The smallest absolute Gasteiger partial charge is 0.253 e.